The van der Waals surface area contributed by atoms with Gasteiger partial charge in [-0.05, 0) is 43.3 Å². The molecule has 2 aromatic rings. The number of nitro groups is 1. The van der Waals surface area contributed by atoms with Gasteiger partial charge in [-0.3, -0.25) is 19.8 Å². The second kappa shape index (κ2) is 8.71. The zero-order chi connectivity index (χ0) is 20.1. The Morgan fingerprint density at radius 3 is 2.21 bits per heavy atom. The van der Waals surface area contributed by atoms with Gasteiger partial charge in [-0.25, -0.2) is 0 Å². The Kier molecular flexibility index (Phi) is 6.10. The summed E-state index contributed by atoms with van der Waals surface area (Å²) >= 11 is 0. The minimum atomic E-state index is -0.462. The summed E-state index contributed by atoms with van der Waals surface area (Å²) in [6.07, 6.45) is 0. The molecule has 3 rings (SSSR count). The van der Waals surface area contributed by atoms with E-state index in [1.807, 2.05) is 31.2 Å². The monoisotopic (exact) mass is 384 g/mol. The zero-order valence-electron chi connectivity index (χ0n) is 16.0. The van der Waals surface area contributed by atoms with Crippen molar-refractivity contribution in [3.63, 3.8) is 0 Å². The number of hydrogen-bond donors (Lipinski definition) is 1. The fourth-order valence-electron chi connectivity index (χ4n) is 3.24. The molecule has 1 saturated heterocycles. The predicted octanol–water partition coefficient (Wildman–Crippen LogP) is 2.75. The van der Waals surface area contributed by atoms with Crippen LogP contribution in [0, 0.1) is 10.1 Å². The van der Waals surface area contributed by atoms with Crippen molar-refractivity contribution in [3.8, 4) is 5.75 Å². The smallest absolute Gasteiger partial charge is 0.269 e. The van der Waals surface area contributed by atoms with Crippen molar-refractivity contribution in [1.29, 1.82) is 0 Å². The van der Waals surface area contributed by atoms with Gasteiger partial charge in [-0.15, -0.1) is 0 Å². The number of methoxy groups -OCH3 is 1. The van der Waals surface area contributed by atoms with Crippen LogP contribution in [0.4, 0.5) is 17.1 Å². The largest absolute Gasteiger partial charge is 0.497 e. The number of non-ortho nitro benzene ring substituents is 1. The Morgan fingerprint density at radius 1 is 1.07 bits per heavy atom. The van der Waals surface area contributed by atoms with Gasteiger partial charge in [0.15, 0.2) is 0 Å². The highest BCUT2D eigenvalue weighted by Crippen LogP contribution is 2.21. The lowest BCUT2D eigenvalue weighted by molar-refractivity contribution is -0.384. The summed E-state index contributed by atoms with van der Waals surface area (Å²) in [6, 6.07) is 13.5. The molecule has 0 bridgehead atoms. The molecule has 2 aromatic carbocycles. The maximum absolute atomic E-state index is 12.5. The molecule has 28 heavy (non-hydrogen) atoms. The molecule has 0 aliphatic carbocycles. The summed E-state index contributed by atoms with van der Waals surface area (Å²) in [5.41, 5.74) is 1.70. The number of hydrogen-bond acceptors (Lipinski definition) is 6. The zero-order valence-corrected chi connectivity index (χ0v) is 16.0. The van der Waals surface area contributed by atoms with Crippen LogP contribution < -0.4 is 15.0 Å². The van der Waals surface area contributed by atoms with Crippen molar-refractivity contribution in [2.24, 2.45) is 0 Å². The van der Waals surface area contributed by atoms with Crippen molar-refractivity contribution in [3.05, 3.63) is 58.6 Å². The van der Waals surface area contributed by atoms with Gasteiger partial charge in [-0.1, -0.05) is 0 Å². The number of carbonyl (C=O) groups excluding carboxylic acids is 1. The van der Waals surface area contributed by atoms with Crippen molar-refractivity contribution in [2.45, 2.75) is 13.0 Å². The Labute approximate surface area is 163 Å². The molecule has 0 saturated carbocycles. The molecule has 8 nitrogen and oxygen atoms in total. The van der Waals surface area contributed by atoms with Crippen LogP contribution in [0.2, 0.25) is 0 Å². The van der Waals surface area contributed by atoms with E-state index in [2.05, 4.69) is 15.1 Å². The molecule has 1 aliphatic heterocycles. The minimum absolute atomic E-state index is 0.000649. The van der Waals surface area contributed by atoms with Crippen molar-refractivity contribution >= 4 is 23.0 Å². The van der Waals surface area contributed by atoms with Crippen molar-refractivity contribution in [1.82, 2.24) is 4.90 Å². The van der Waals surface area contributed by atoms with E-state index in [0.717, 1.165) is 37.6 Å². The topological polar surface area (TPSA) is 88.0 Å². The van der Waals surface area contributed by atoms with E-state index in [1.54, 1.807) is 19.2 Å². The van der Waals surface area contributed by atoms with Crippen LogP contribution in [0.3, 0.4) is 0 Å². The summed E-state index contributed by atoms with van der Waals surface area (Å²) in [5, 5.41) is 13.5. The fourth-order valence-corrected chi connectivity index (χ4v) is 3.24. The SMILES string of the molecule is COc1ccc(N2CCN(C(C)C(=O)Nc3ccc([N+](=O)[O-])cc3)CC2)cc1. The van der Waals surface area contributed by atoms with Crippen molar-refractivity contribution < 1.29 is 14.5 Å². The molecule has 0 spiro atoms. The standard InChI is InChI=1S/C20H24N4O4/c1-15(20(25)21-16-3-5-18(6-4-16)24(26)27)22-11-13-23(14-12-22)17-7-9-19(28-2)10-8-17/h3-10,15H,11-14H2,1-2H3,(H,21,25). The van der Waals surface area contributed by atoms with Gasteiger partial charge in [0.25, 0.3) is 5.69 Å². The van der Waals surface area contributed by atoms with E-state index in [4.69, 9.17) is 4.74 Å². The van der Waals surface area contributed by atoms with Crippen LogP contribution >= 0.6 is 0 Å². The first kappa shape index (κ1) is 19.6. The molecule has 1 fully saturated rings. The molecule has 1 amide bonds. The van der Waals surface area contributed by atoms with Crippen LogP contribution in [0.1, 0.15) is 6.92 Å². The first-order valence-electron chi connectivity index (χ1n) is 9.16. The molecular formula is C20H24N4O4. The molecule has 1 unspecified atom stereocenters. The Balaban J connectivity index is 1.52. The summed E-state index contributed by atoms with van der Waals surface area (Å²) in [7, 11) is 1.65. The molecular weight excluding hydrogens is 360 g/mol. The van der Waals surface area contributed by atoms with Gasteiger partial charge in [0.05, 0.1) is 18.1 Å². The van der Waals surface area contributed by atoms with Gasteiger partial charge >= 0.3 is 0 Å². The molecule has 1 heterocycles. The lowest BCUT2D eigenvalue weighted by Gasteiger charge is -2.38. The summed E-state index contributed by atoms with van der Waals surface area (Å²) in [4.78, 5) is 27.2. The number of nitrogens with one attached hydrogen (secondary N) is 1. The minimum Gasteiger partial charge on any atom is -0.497 e. The van der Waals surface area contributed by atoms with Crippen LogP contribution in [0.15, 0.2) is 48.5 Å². The van der Waals surface area contributed by atoms with Crippen LogP contribution in [0.25, 0.3) is 0 Å². The number of carbonyl (C=O) groups is 1. The van der Waals surface area contributed by atoms with E-state index in [-0.39, 0.29) is 17.6 Å². The van der Waals surface area contributed by atoms with Gasteiger partial charge in [0.2, 0.25) is 5.91 Å². The molecule has 148 valence electrons. The highest BCUT2D eigenvalue weighted by atomic mass is 16.6. The van der Waals surface area contributed by atoms with Crippen molar-refractivity contribution in [2.75, 3.05) is 43.5 Å². The van der Waals surface area contributed by atoms with E-state index in [0.29, 0.717) is 5.69 Å². The van der Waals surface area contributed by atoms with Gasteiger partial charge in [-0.2, -0.15) is 0 Å². The first-order valence-corrected chi connectivity index (χ1v) is 9.16. The van der Waals surface area contributed by atoms with Gasteiger partial charge in [0, 0.05) is 49.7 Å². The second-order valence-corrected chi connectivity index (χ2v) is 6.69. The molecule has 0 radical (unpaired) electrons. The Hall–Kier alpha value is -3.13. The summed E-state index contributed by atoms with van der Waals surface area (Å²) < 4.78 is 5.19. The van der Waals surface area contributed by atoms with E-state index in [1.165, 1.54) is 12.1 Å². The molecule has 8 heteroatoms. The Morgan fingerprint density at radius 2 is 1.68 bits per heavy atom. The number of rotatable bonds is 6. The van der Waals surface area contributed by atoms with Gasteiger partial charge in [0.1, 0.15) is 5.75 Å². The molecule has 1 aliphatic rings. The Bertz CT molecular complexity index is 815. The summed E-state index contributed by atoms with van der Waals surface area (Å²) in [6.45, 7) is 5.11. The van der Waals surface area contributed by atoms with E-state index in [9.17, 15) is 14.9 Å². The van der Waals surface area contributed by atoms with Crippen LogP contribution in [0.5, 0.6) is 5.75 Å². The number of nitrogens with zero attached hydrogens (tertiary/aromatic N) is 3. The van der Waals surface area contributed by atoms with Gasteiger partial charge < -0.3 is 15.0 Å². The fraction of sp³-hybridized carbons (Fsp3) is 0.350. The van der Waals surface area contributed by atoms with E-state index < -0.39 is 4.92 Å². The van der Waals surface area contributed by atoms with Crippen LogP contribution in [-0.4, -0.2) is 55.1 Å². The first-order chi connectivity index (χ1) is 13.5. The highest BCUT2D eigenvalue weighted by molar-refractivity contribution is 5.94. The molecule has 1 atom stereocenters. The normalized spacial score (nSPS) is 15.7. The number of anilines is 2. The number of benzene rings is 2. The lowest BCUT2D eigenvalue weighted by atomic mass is 10.2. The van der Waals surface area contributed by atoms with Crippen LogP contribution in [-0.2, 0) is 4.79 Å². The third-order valence-corrected chi connectivity index (χ3v) is 5.02. The van der Waals surface area contributed by atoms with E-state index >= 15 is 0 Å². The maximum atomic E-state index is 12.5. The lowest BCUT2D eigenvalue weighted by Crippen LogP contribution is -2.52. The number of amides is 1. The third kappa shape index (κ3) is 4.58. The number of ether oxygens (including phenoxy) is 1. The summed E-state index contributed by atoms with van der Waals surface area (Å²) in [5.74, 6) is 0.714. The molecule has 1 N–H and O–H groups in total. The third-order valence-electron chi connectivity index (χ3n) is 5.02. The number of piperazine rings is 1. The number of nitro benzene ring substituents is 1. The predicted molar refractivity (Wildman–Crippen MR) is 108 cm³/mol. The second-order valence-electron chi connectivity index (χ2n) is 6.69. The average Bonchev–Trinajstić information content (AvgIpc) is 2.73. The average molecular weight is 384 g/mol. The molecule has 0 aromatic heterocycles. The maximum Gasteiger partial charge on any atom is 0.269 e. The highest BCUT2D eigenvalue weighted by Gasteiger charge is 2.25. The quantitative estimate of drug-likeness (QED) is 0.609.